The Balaban J connectivity index is 1.95. The van der Waals surface area contributed by atoms with Crippen LogP contribution in [0.25, 0.3) is 0 Å². The zero-order chi connectivity index (χ0) is 13.2. The van der Waals surface area contributed by atoms with E-state index in [0.29, 0.717) is 18.0 Å². The fourth-order valence-electron chi connectivity index (χ4n) is 3.50. The average Bonchev–Trinajstić information content (AvgIpc) is 2.39. The van der Waals surface area contributed by atoms with Crippen LogP contribution in [-0.2, 0) is 4.74 Å². The Bertz CT molecular complexity index is 271. The summed E-state index contributed by atoms with van der Waals surface area (Å²) in [5, 5.41) is 0. The molecule has 2 N–H and O–H groups in total. The number of ether oxygens (including phenoxy) is 1. The number of piperidine rings is 1. The maximum absolute atomic E-state index is 6.21. The summed E-state index contributed by atoms with van der Waals surface area (Å²) < 4.78 is 5.96. The first-order valence-electron chi connectivity index (χ1n) is 7.71. The van der Waals surface area contributed by atoms with Gasteiger partial charge in [-0.25, -0.2) is 0 Å². The second kappa shape index (κ2) is 5.89. The molecule has 2 heterocycles. The lowest BCUT2D eigenvalue weighted by Gasteiger charge is -2.46. The molecule has 0 saturated carbocycles. The molecule has 2 rings (SSSR count). The van der Waals surface area contributed by atoms with E-state index in [4.69, 9.17) is 10.5 Å². The van der Waals surface area contributed by atoms with E-state index < -0.39 is 0 Å². The Morgan fingerprint density at radius 3 is 2.78 bits per heavy atom. The molecule has 0 aromatic rings. The molecular weight excluding hydrogens is 224 g/mol. The molecule has 4 unspecified atom stereocenters. The van der Waals surface area contributed by atoms with E-state index in [-0.39, 0.29) is 5.60 Å². The van der Waals surface area contributed by atoms with Gasteiger partial charge in [-0.15, -0.1) is 0 Å². The first kappa shape index (κ1) is 14.3. The molecule has 2 fully saturated rings. The van der Waals surface area contributed by atoms with Crippen LogP contribution in [0.5, 0.6) is 0 Å². The van der Waals surface area contributed by atoms with Crippen LogP contribution in [0.3, 0.4) is 0 Å². The van der Waals surface area contributed by atoms with Crippen molar-refractivity contribution in [3.05, 3.63) is 0 Å². The summed E-state index contributed by atoms with van der Waals surface area (Å²) in [4.78, 5) is 2.69. The van der Waals surface area contributed by atoms with Crippen LogP contribution >= 0.6 is 0 Å². The first-order valence-corrected chi connectivity index (χ1v) is 7.71. The highest BCUT2D eigenvalue weighted by Gasteiger charge is 2.37. The monoisotopic (exact) mass is 254 g/mol. The Labute approximate surface area is 112 Å². The van der Waals surface area contributed by atoms with Crippen LogP contribution in [0.4, 0.5) is 0 Å². The van der Waals surface area contributed by atoms with Crippen molar-refractivity contribution in [2.75, 3.05) is 19.7 Å². The summed E-state index contributed by atoms with van der Waals surface area (Å²) in [6, 6.07) is 1.13. The minimum absolute atomic E-state index is 0.101. The molecule has 3 heteroatoms. The maximum atomic E-state index is 6.21. The Hall–Kier alpha value is -0.120. The minimum Gasteiger partial charge on any atom is -0.375 e. The predicted molar refractivity (Wildman–Crippen MR) is 75.6 cm³/mol. The van der Waals surface area contributed by atoms with E-state index in [1.165, 1.54) is 38.8 Å². The summed E-state index contributed by atoms with van der Waals surface area (Å²) in [5.41, 5.74) is 6.31. The molecule has 18 heavy (non-hydrogen) atoms. The molecule has 0 spiro atoms. The highest BCUT2D eigenvalue weighted by atomic mass is 16.5. The van der Waals surface area contributed by atoms with Crippen molar-refractivity contribution < 1.29 is 4.74 Å². The summed E-state index contributed by atoms with van der Waals surface area (Å²) in [7, 11) is 0. The minimum atomic E-state index is 0.101. The Morgan fingerprint density at radius 1 is 1.33 bits per heavy atom. The lowest BCUT2D eigenvalue weighted by atomic mass is 9.85. The van der Waals surface area contributed by atoms with E-state index >= 15 is 0 Å². The quantitative estimate of drug-likeness (QED) is 0.840. The summed E-state index contributed by atoms with van der Waals surface area (Å²) in [6.07, 6.45) is 5.88. The van der Waals surface area contributed by atoms with Gasteiger partial charge in [-0.3, -0.25) is 4.90 Å². The van der Waals surface area contributed by atoms with Gasteiger partial charge in [0.1, 0.15) is 0 Å². The molecule has 2 aliphatic heterocycles. The molecule has 0 bridgehead atoms. The summed E-state index contributed by atoms with van der Waals surface area (Å²) in [6.45, 7) is 10.1. The average molecular weight is 254 g/mol. The molecule has 106 valence electrons. The standard InChI is InChI=1S/C15H30N2O/c1-4-12-11-17(8-6-14(12)16)13-7-9-18-15(3,5-2)10-13/h12-14H,4-11,16H2,1-3H3. The van der Waals surface area contributed by atoms with Crippen LogP contribution in [0, 0.1) is 5.92 Å². The van der Waals surface area contributed by atoms with Gasteiger partial charge in [-0.05, 0) is 45.1 Å². The highest BCUT2D eigenvalue weighted by Crippen LogP contribution is 2.32. The third-order valence-electron chi connectivity index (χ3n) is 5.18. The third-order valence-corrected chi connectivity index (χ3v) is 5.18. The van der Waals surface area contributed by atoms with Crippen LogP contribution < -0.4 is 5.73 Å². The van der Waals surface area contributed by atoms with Gasteiger partial charge in [-0.1, -0.05) is 20.3 Å². The van der Waals surface area contributed by atoms with Crippen LogP contribution in [0.1, 0.15) is 52.9 Å². The second-order valence-corrected chi connectivity index (χ2v) is 6.41. The second-order valence-electron chi connectivity index (χ2n) is 6.41. The van der Waals surface area contributed by atoms with E-state index in [0.717, 1.165) is 13.0 Å². The Kier molecular flexibility index (Phi) is 4.68. The lowest BCUT2D eigenvalue weighted by molar-refractivity contribution is -0.101. The van der Waals surface area contributed by atoms with Crippen LogP contribution in [0.15, 0.2) is 0 Å². The molecule has 0 aromatic heterocycles. The topological polar surface area (TPSA) is 38.5 Å². The van der Waals surface area contributed by atoms with Gasteiger partial charge >= 0.3 is 0 Å². The number of likely N-dealkylation sites (tertiary alicyclic amines) is 1. The van der Waals surface area contributed by atoms with Gasteiger partial charge in [0, 0.05) is 25.2 Å². The highest BCUT2D eigenvalue weighted by molar-refractivity contribution is 4.91. The predicted octanol–water partition coefficient (Wildman–Crippen LogP) is 2.39. The van der Waals surface area contributed by atoms with Crippen molar-refractivity contribution in [2.45, 2.75) is 70.6 Å². The molecule has 2 aliphatic rings. The SMILES string of the molecule is CCC1CN(C2CCOC(C)(CC)C2)CCC1N. The number of hydrogen-bond acceptors (Lipinski definition) is 3. The molecular formula is C15H30N2O. The fourth-order valence-corrected chi connectivity index (χ4v) is 3.50. The van der Waals surface area contributed by atoms with Gasteiger partial charge in [0.2, 0.25) is 0 Å². The first-order chi connectivity index (χ1) is 8.58. The molecule has 2 saturated heterocycles. The van der Waals surface area contributed by atoms with Crippen molar-refractivity contribution in [3.63, 3.8) is 0 Å². The molecule has 4 atom stereocenters. The fraction of sp³-hybridized carbons (Fsp3) is 1.00. The number of rotatable bonds is 3. The molecule has 0 aliphatic carbocycles. The van der Waals surface area contributed by atoms with E-state index in [2.05, 4.69) is 25.7 Å². The zero-order valence-corrected chi connectivity index (χ0v) is 12.3. The maximum Gasteiger partial charge on any atom is 0.0666 e. The van der Waals surface area contributed by atoms with E-state index in [9.17, 15) is 0 Å². The third kappa shape index (κ3) is 3.06. The van der Waals surface area contributed by atoms with Crippen molar-refractivity contribution in [3.8, 4) is 0 Å². The van der Waals surface area contributed by atoms with Gasteiger partial charge in [0.25, 0.3) is 0 Å². The smallest absolute Gasteiger partial charge is 0.0666 e. The van der Waals surface area contributed by atoms with Gasteiger partial charge in [0.05, 0.1) is 5.60 Å². The van der Waals surface area contributed by atoms with Gasteiger partial charge in [0.15, 0.2) is 0 Å². The summed E-state index contributed by atoms with van der Waals surface area (Å²) in [5.74, 6) is 0.689. The van der Waals surface area contributed by atoms with Crippen molar-refractivity contribution in [1.29, 1.82) is 0 Å². The molecule has 0 aromatic carbocycles. The normalized spacial score (nSPS) is 43.0. The van der Waals surface area contributed by atoms with E-state index in [1.54, 1.807) is 0 Å². The van der Waals surface area contributed by atoms with Crippen molar-refractivity contribution in [2.24, 2.45) is 11.7 Å². The Morgan fingerprint density at radius 2 is 2.11 bits per heavy atom. The lowest BCUT2D eigenvalue weighted by Crippen LogP contribution is -2.54. The number of hydrogen-bond donors (Lipinski definition) is 1. The number of nitrogens with zero attached hydrogens (tertiary/aromatic N) is 1. The van der Waals surface area contributed by atoms with Crippen LogP contribution in [-0.4, -0.2) is 42.3 Å². The van der Waals surface area contributed by atoms with Gasteiger partial charge in [-0.2, -0.15) is 0 Å². The number of nitrogens with two attached hydrogens (primary N) is 1. The van der Waals surface area contributed by atoms with Gasteiger partial charge < -0.3 is 10.5 Å². The van der Waals surface area contributed by atoms with Crippen molar-refractivity contribution >= 4 is 0 Å². The summed E-state index contributed by atoms with van der Waals surface area (Å²) >= 11 is 0. The largest absolute Gasteiger partial charge is 0.375 e. The van der Waals surface area contributed by atoms with Crippen molar-refractivity contribution in [1.82, 2.24) is 4.90 Å². The molecule has 3 nitrogen and oxygen atoms in total. The van der Waals surface area contributed by atoms with E-state index in [1.807, 2.05) is 0 Å². The van der Waals surface area contributed by atoms with Crippen LogP contribution in [0.2, 0.25) is 0 Å². The molecule has 0 radical (unpaired) electrons. The zero-order valence-electron chi connectivity index (χ0n) is 12.3. The molecule has 0 amide bonds.